The topological polar surface area (TPSA) is 82.5 Å². The number of carbonyl (C=O) groups excluding carboxylic acids is 1. The van der Waals surface area contributed by atoms with Crippen molar-refractivity contribution in [3.8, 4) is 11.5 Å². The standard InChI is InChI=1S/C23H22ClN3O4S/c1-27-21-20(22(29)26-23(27)32-12-13-4-7-15(24)8-5-13)16(11-19(28)25-21)14-6-9-17(30-2)18(10-14)31-3/h4-10,16H,11-12H2,1-3H3,(H,25,28)/t16-/m1/s1. The Balaban J connectivity index is 1.71. The zero-order chi connectivity index (χ0) is 22.8. The van der Waals surface area contributed by atoms with Crippen LogP contribution in [0.1, 0.15) is 29.0 Å². The summed E-state index contributed by atoms with van der Waals surface area (Å²) in [7, 11) is 4.91. The molecule has 0 saturated heterocycles. The van der Waals surface area contributed by atoms with E-state index < -0.39 is 5.92 Å². The van der Waals surface area contributed by atoms with E-state index in [2.05, 4.69) is 10.3 Å². The molecular weight excluding hydrogens is 450 g/mol. The van der Waals surface area contributed by atoms with Gasteiger partial charge < -0.3 is 19.4 Å². The maximum Gasteiger partial charge on any atom is 0.279 e. The molecule has 2 heterocycles. The number of aromatic nitrogens is 2. The van der Waals surface area contributed by atoms with Gasteiger partial charge in [-0.2, -0.15) is 4.98 Å². The van der Waals surface area contributed by atoms with Crippen molar-refractivity contribution in [2.45, 2.75) is 23.2 Å². The number of nitrogens with zero attached hydrogens (tertiary/aromatic N) is 2. The second-order valence-corrected chi connectivity index (χ2v) is 8.73. The van der Waals surface area contributed by atoms with Crippen LogP contribution in [0.4, 0.5) is 5.82 Å². The molecule has 0 fully saturated rings. The Kier molecular flexibility index (Phi) is 6.43. The van der Waals surface area contributed by atoms with Gasteiger partial charge in [0.1, 0.15) is 5.82 Å². The zero-order valence-corrected chi connectivity index (χ0v) is 19.4. The number of nitrogens with one attached hydrogen (secondary N) is 1. The number of methoxy groups -OCH3 is 2. The molecule has 1 amide bonds. The van der Waals surface area contributed by atoms with E-state index in [9.17, 15) is 9.59 Å². The summed E-state index contributed by atoms with van der Waals surface area (Å²) in [6.07, 6.45) is 0.149. The molecule has 3 aromatic rings. The normalized spacial score (nSPS) is 15.1. The van der Waals surface area contributed by atoms with Crippen LogP contribution in [-0.2, 0) is 17.6 Å². The number of benzene rings is 2. The Hall–Kier alpha value is -2.97. The number of amides is 1. The van der Waals surface area contributed by atoms with Crippen LogP contribution >= 0.6 is 23.4 Å². The Morgan fingerprint density at radius 1 is 1.12 bits per heavy atom. The molecule has 0 radical (unpaired) electrons. The fourth-order valence-electron chi connectivity index (χ4n) is 3.75. The van der Waals surface area contributed by atoms with Gasteiger partial charge in [-0.05, 0) is 35.4 Å². The van der Waals surface area contributed by atoms with E-state index in [4.69, 9.17) is 21.1 Å². The van der Waals surface area contributed by atoms with Crippen LogP contribution < -0.4 is 20.3 Å². The number of ether oxygens (including phenoxy) is 2. The van der Waals surface area contributed by atoms with Crippen molar-refractivity contribution in [1.29, 1.82) is 0 Å². The number of anilines is 1. The smallest absolute Gasteiger partial charge is 0.279 e. The van der Waals surface area contributed by atoms with Gasteiger partial charge in [0.2, 0.25) is 5.91 Å². The predicted molar refractivity (Wildman–Crippen MR) is 125 cm³/mol. The maximum absolute atomic E-state index is 13.1. The van der Waals surface area contributed by atoms with E-state index in [0.717, 1.165) is 11.1 Å². The molecule has 1 aliphatic heterocycles. The molecule has 166 valence electrons. The fraction of sp³-hybridized carbons (Fsp3) is 0.261. The summed E-state index contributed by atoms with van der Waals surface area (Å²) in [5.41, 5.74) is 1.96. The Bertz CT molecular complexity index is 1230. The molecule has 0 aliphatic carbocycles. The van der Waals surface area contributed by atoms with Gasteiger partial charge in [0, 0.05) is 30.2 Å². The van der Waals surface area contributed by atoms with Crippen molar-refractivity contribution in [2.24, 2.45) is 7.05 Å². The summed E-state index contributed by atoms with van der Waals surface area (Å²) < 4.78 is 12.5. The van der Waals surface area contributed by atoms with Crippen molar-refractivity contribution < 1.29 is 14.3 Å². The molecule has 9 heteroatoms. The number of hydrogen-bond acceptors (Lipinski definition) is 6. The molecule has 0 bridgehead atoms. The lowest BCUT2D eigenvalue weighted by atomic mass is 9.86. The minimum absolute atomic E-state index is 0.149. The van der Waals surface area contributed by atoms with Gasteiger partial charge in [0.25, 0.3) is 5.56 Å². The van der Waals surface area contributed by atoms with E-state index in [-0.39, 0.29) is 17.9 Å². The molecule has 4 rings (SSSR count). The van der Waals surface area contributed by atoms with Gasteiger partial charge >= 0.3 is 0 Å². The van der Waals surface area contributed by atoms with Gasteiger partial charge in [-0.1, -0.05) is 41.6 Å². The average molecular weight is 472 g/mol. The summed E-state index contributed by atoms with van der Waals surface area (Å²) in [6.45, 7) is 0. The monoisotopic (exact) mass is 471 g/mol. The summed E-state index contributed by atoms with van der Waals surface area (Å²) >= 11 is 7.37. The van der Waals surface area contributed by atoms with E-state index in [1.807, 2.05) is 30.3 Å². The summed E-state index contributed by atoms with van der Waals surface area (Å²) in [5, 5.41) is 4.06. The van der Waals surface area contributed by atoms with Gasteiger partial charge in [-0.15, -0.1) is 0 Å². The van der Waals surface area contributed by atoms with Crippen LogP contribution in [0.5, 0.6) is 11.5 Å². The van der Waals surface area contributed by atoms with Gasteiger partial charge in [-0.3, -0.25) is 9.59 Å². The lowest BCUT2D eigenvalue weighted by Crippen LogP contribution is -2.33. The summed E-state index contributed by atoms with van der Waals surface area (Å²) in [5.74, 6) is 1.62. The number of rotatable bonds is 6. The van der Waals surface area contributed by atoms with Crippen LogP contribution in [0.2, 0.25) is 5.02 Å². The molecule has 0 saturated carbocycles. The predicted octanol–water partition coefficient (Wildman–Crippen LogP) is 4.22. The SMILES string of the molecule is COc1ccc([C@H]2CC(=O)Nc3c2c(=O)nc(SCc2ccc(Cl)cc2)n3C)cc1OC. The first-order valence-corrected chi connectivity index (χ1v) is 11.3. The van der Waals surface area contributed by atoms with Crippen molar-refractivity contribution in [3.63, 3.8) is 0 Å². The first kappa shape index (κ1) is 22.2. The molecule has 32 heavy (non-hydrogen) atoms. The highest BCUT2D eigenvalue weighted by Gasteiger charge is 2.32. The highest BCUT2D eigenvalue weighted by molar-refractivity contribution is 7.98. The third-order valence-corrected chi connectivity index (χ3v) is 6.75. The van der Waals surface area contributed by atoms with Crippen molar-refractivity contribution in [1.82, 2.24) is 9.55 Å². The lowest BCUT2D eigenvalue weighted by Gasteiger charge is -2.28. The van der Waals surface area contributed by atoms with Gasteiger partial charge in [-0.25, -0.2) is 0 Å². The Morgan fingerprint density at radius 3 is 2.53 bits per heavy atom. The molecular formula is C23H22ClN3O4S. The second-order valence-electron chi connectivity index (χ2n) is 7.36. The minimum atomic E-state index is -0.430. The second kappa shape index (κ2) is 9.26. The van der Waals surface area contributed by atoms with E-state index in [0.29, 0.717) is 38.8 Å². The third-order valence-electron chi connectivity index (χ3n) is 5.39. The third kappa shape index (κ3) is 4.33. The number of thioether (sulfide) groups is 1. The van der Waals surface area contributed by atoms with E-state index in [1.54, 1.807) is 38.0 Å². The molecule has 0 unspecified atom stereocenters. The first-order valence-electron chi connectivity index (χ1n) is 9.91. The van der Waals surface area contributed by atoms with Crippen LogP contribution in [0.15, 0.2) is 52.4 Å². The summed E-state index contributed by atoms with van der Waals surface area (Å²) in [6, 6.07) is 12.9. The first-order chi connectivity index (χ1) is 15.4. The van der Waals surface area contributed by atoms with E-state index in [1.165, 1.54) is 11.8 Å². The van der Waals surface area contributed by atoms with Crippen LogP contribution in [0.25, 0.3) is 0 Å². The highest BCUT2D eigenvalue weighted by Crippen LogP contribution is 2.39. The molecule has 1 aliphatic rings. The highest BCUT2D eigenvalue weighted by atomic mass is 35.5. The van der Waals surface area contributed by atoms with E-state index >= 15 is 0 Å². The van der Waals surface area contributed by atoms with Gasteiger partial charge in [0.05, 0.1) is 19.8 Å². The Labute approximate surface area is 194 Å². The molecule has 0 spiro atoms. The van der Waals surface area contributed by atoms with Crippen LogP contribution in [0, 0.1) is 0 Å². The number of fused-ring (bicyclic) bond motifs is 1. The largest absolute Gasteiger partial charge is 0.493 e. The van der Waals surface area contributed by atoms with Crippen molar-refractivity contribution in [2.75, 3.05) is 19.5 Å². The summed E-state index contributed by atoms with van der Waals surface area (Å²) in [4.78, 5) is 30.0. The van der Waals surface area contributed by atoms with Crippen LogP contribution in [-0.4, -0.2) is 29.7 Å². The Morgan fingerprint density at radius 2 is 1.84 bits per heavy atom. The molecule has 1 atom stereocenters. The minimum Gasteiger partial charge on any atom is -0.493 e. The number of carbonyl (C=O) groups is 1. The fourth-order valence-corrected chi connectivity index (χ4v) is 4.79. The van der Waals surface area contributed by atoms with Crippen molar-refractivity contribution in [3.05, 3.63) is 74.5 Å². The quantitative estimate of drug-likeness (QED) is 0.428. The zero-order valence-electron chi connectivity index (χ0n) is 17.8. The molecule has 1 N–H and O–H groups in total. The lowest BCUT2D eigenvalue weighted by molar-refractivity contribution is -0.116. The van der Waals surface area contributed by atoms with Crippen molar-refractivity contribution >= 4 is 35.1 Å². The molecule has 7 nitrogen and oxygen atoms in total. The van der Waals surface area contributed by atoms with Crippen LogP contribution in [0.3, 0.4) is 0 Å². The number of halogens is 1. The molecule has 2 aromatic carbocycles. The molecule has 1 aromatic heterocycles. The maximum atomic E-state index is 13.1. The number of hydrogen-bond donors (Lipinski definition) is 1. The average Bonchev–Trinajstić information content (AvgIpc) is 2.80. The van der Waals surface area contributed by atoms with Gasteiger partial charge in [0.15, 0.2) is 16.7 Å².